The molecule has 2 saturated heterocycles. The number of fused-ring (bicyclic) bond motifs is 2. The molecule has 0 aliphatic carbocycles. The fourth-order valence-electron chi connectivity index (χ4n) is 2.97. The summed E-state index contributed by atoms with van der Waals surface area (Å²) in [4.78, 5) is 13.5. The van der Waals surface area contributed by atoms with Gasteiger partial charge in [-0.1, -0.05) is 0 Å². The Labute approximate surface area is 88.3 Å². The van der Waals surface area contributed by atoms with Crippen LogP contribution in [0.4, 0.5) is 0 Å². The van der Waals surface area contributed by atoms with E-state index in [1.807, 2.05) is 6.07 Å². The van der Waals surface area contributed by atoms with Crippen LogP contribution in [0.1, 0.15) is 25.0 Å². The Balaban J connectivity index is 1.98. The molecule has 2 aliphatic rings. The van der Waals surface area contributed by atoms with Gasteiger partial charge in [-0.15, -0.1) is 0 Å². The first-order chi connectivity index (χ1) is 7.28. The predicted molar refractivity (Wildman–Crippen MR) is 56.8 cm³/mol. The first-order valence-corrected chi connectivity index (χ1v) is 5.57. The van der Waals surface area contributed by atoms with Crippen LogP contribution in [0.3, 0.4) is 0 Å². The van der Waals surface area contributed by atoms with Crippen LogP contribution in [0.2, 0.25) is 0 Å². The van der Waals surface area contributed by atoms with Crippen molar-refractivity contribution < 1.29 is 0 Å². The largest absolute Gasteiger partial charge is 0.302 e. The average Bonchev–Trinajstić information content (AvgIpc) is 2.56. The van der Waals surface area contributed by atoms with Crippen LogP contribution in [0.25, 0.3) is 0 Å². The number of piperidine rings is 1. The molecule has 1 aromatic rings. The molecule has 4 nitrogen and oxygen atoms in total. The van der Waals surface area contributed by atoms with Crippen molar-refractivity contribution in [3.8, 4) is 0 Å². The van der Waals surface area contributed by atoms with Crippen LogP contribution in [-0.4, -0.2) is 34.7 Å². The maximum Gasteiger partial charge on any atom is 0.264 e. The first kappa shape index (κ1) is 9.09. The van der Waals surface area contributed by atoms with Crippen molar-refractivity contribution in [2.75, 3.05) is 19.6 Å². The summed E-state index contributed by atoms with van der Waals surface area (Å²) in [7, 11) is 0. The molecule has 0 aromatic carbocycles. The molecule has 2 atom stereocenters. The zero-order chi connectivity index (χ0) is 10.3. The summed E-state index contributed by atoms with van der Waals surface area (Å²) in [5, 5.41) is 6.76. The summed E-state index contributed by atoms with van der Waals surface area (Å²) in [5.41, 5.74) is 1.19. The number of aromatic nitrogens is 2. The van der Waals surface area contributed by atoms with Gasteiger partial charge in [-0.05, 0) is 38.4 Å². The lowest BCUT2D eigenvalue weighted by atomic mass is 9.78. The molecule has 3 rings (SSSR count). The molecule has 0 amide bonds. The van der Waals surface area contributed by atoms with Gasteiger partial charge in [0.15, 0.2) is 0 Å². The second-order valence-electron chi connectivity index (χ2n) is 4.72. The molecule has 2 aliphatic heterocycles. The lowest BCUT2D eigenvalue weighted by Crippen LogP contribution is -2.37. The Hall–Kier alpha value is -1.16. The number of H-pyrrole nitrogens is 1. The maximum atomic E-state index is 11.0. The molecule has 4 heteroatoms. The van der Waals surface area contributed by atoms with Gasteiger partial charge in [0.2, 0.25) is 0 Å². The van der Waals surface area contributed by atoms with E-state index in [9.17, 15) is 4.79 Å². The van der Waals surface area contributed by atoms with Crippen LogP contribution < -0.4 is 5.56 Å². The summed E-state index contributed by atoms with van der Waals surface area (Å²) >= 11 is 0. The van der Waals surface area contributed by atoms with Crippen LogP contribution in [0.5, 0.6) is 0 Å². The fraction of sp³-hybridized carbons (Fsp3) is 0.636. The highest BCUT2D eigenvalue weighted by atomic mass is 16.1. The van der Waals surface area contributed by atoms with Crippen molar-refractivity contribution in [1.29, 1.82) is 0 Å². The monoisotopic (exact) mass is 205 g/mol. The van der Waals surface area contributed by atoms with Crippen LogP contribution in [-0.2, 0) is 5.41 Å². The van der Waals surface area contributed by atoms with E-state index in [0.29, 0.717) is 0 Å². The van der Waals surface area contributed by atoms with Gasteiger partial charge in [0.05, 0.1) is 5.69 Å². The van der Waals surface area contributed by atoms with Crippen LogP contribution in [0.15, 0.2) is 16.9 Å². The minimum atomic E-state index is -0.110. The molecule has 1 N–H and O–H groups in total. The van der Waals surface area contributed by atoms with Gasteiger partial charge in [0, 0.05) is 18.0 Å². The van der Waals surface area contributed by atoms with E-state index < -0.39 is 0 Å². The molecule has 80 valence electrons. The Bertz CT molecular complexity index is 404. The van der Waals surface area contributed by atoms with E-state index in [-0.39, 0.29) is 11.0 Å². The SMILES string of the molecule is O=c1ccc(C23CCCN(CC2)C3)n[nH]1. The number of hydrogen-bond acceptors (Lipinski definition) is 3. The van der Waals surface area contributed by atoms with E-state index in [4.69, 9.17) is 0 Å². The minimum absolute atomic E-state index is 0.110. The molecule has 0 saturated carbocycles. The van der Waals surface area contributed by atoms with E-state index in [2.05, 4.69) is 15.1 Å². The summed E-state index contributed by atoms with van der Waals surface area (Å²) < 4.78 is 0. The van der Waals surface area contributed by atoms with E-state index in [0.717, 1.165) is 12.2 Å². The number of aromatic amines is 1. The third kappa shape index (κ3) is 1.40. The molecule has 3 heterocycles. The molecule has 1 aromatic heterocycles. The van der Waals surface area contributed by atoms with Crippen molar-refractivity contribution in [2.45, 2.75) is 24.7 Å². The normalized spacial score (nSPS) is 34.3. The van der Waals surface area contributed by atoms with E-state index in [1.165, 1.54) is 32.4 Å². The lowest BCUT2D eigenvalue weighted by Gasteiger charge is -2.32. The second-order valence-corrected chi connectivity index (χ2v) is 4.72. The zero-order valence-corrected chi connectivity index (χ0v) is 8.70. The number of rotatable bonds is 1. The number of nitrogens with zero attached hydrogens (tertiary/aromatic N) is 2. The molecule has 15 heavy (non-hydrogen) atoms. The van der Waals surface area contributed by atoms with Crippen molar-refractivity contribution in [1.82, 2.24) is 15.1 Å². The molecular formula is C11H15N3O. The van der Waals surface area contributed by atoms with Crippen molar-refractivity contribution >= 4 is 0 Å². The predicted octanol–water partition coefficient (Wildman–Crippen LogP) is 0.507. The molecule has 2 bridgehead atoms. The lowest BCUT2D eigenvalue weighted by molar-refractivity contribution is 0.239. The average molecular weight is 205 g/mol. The van der Waals surface area contributed by atoms with Crippen LogP contribution in [0, 0.1) is 0 Å². The van der Waals surface area contributed by atoms with Crippen molar-refractivity contribution in [3.63, 3.8) is 0 Å². The Morgan fingerprint density at radius 2 is 2.27 bits per heavy atom. The Morgan fingerprint density at radius 3 is 3.07 bits per heavy atom. The van der Waals surface area contributed by atoms with E-state index >= 15 is 0 Å². The highest BCUT2D eigenvalue weighted by Crippen LogP contribution is 2.40. The van der Waals surface area contributed by atoms with E-state index in [1.54, 1.807) is 6.07 Å². The van der Waals surface area contributed by atoms with Gasteiger partial charge in [0.25, 0.3) is 5.56 Å². The van der Waals surface area contributed by atoms with Crippen molar-refractivity contribution in [2.24, 2.45) is 0 Å². The Kier molecular flexibility index (Phi) is 1.92. The standard InChI is InChI=1S/C11H15N3O/c15-10-3-2-9(12-13-10)11-4-1-6-14(8-11)7-5-11/h2-3H,1,4-8H2,(H,13,15). The smallest absolute Gasteiger partial charge is 0.264 e. The van der Waals surface area contributed by atoms with Crippen molar-refractivity contribution in [3.05, 3.63) is 28.2 Å². The topological polar surface area (TPSA) is 49.0 Å². The fourth-order valence-corrected chi connectivity index (χ4v) is 2.97. The third-order valence-corrected chi connectivity index (χ3v) is 3.79. The number of nitrogens with one attached hydrogen (secondary N) is 1. The minimum Gasteiger partial charge on any atom is -0.302 e. The zero-order valence-electron chi connectivity index (χ0n) is 8.70. The number of hydrogen-bond donors (Lipinski definition) is 1. The molecular weight excluding hydrogens is 190 g/mol. The Morgan fingerprint density at radius 1 is 1.33 bits per heavy atom. The van der Waals surface area contributed by atoms with Crippen LogP contribution >= 0.6 is 0 Å². The quantitative estimate of drug-likeness (QED) is 0.726. The first-order valence-electron chi connectivity index (χ1n) is 5.57. The summed E-state index contributed by atoms with van der Waals surface area (Å²) in [5.74, 6) is 0. The summed E-state index contributed by atoms with van der Waals surface area (Å²) in [6.45, 7) is 3.53. The molecule has 0 spiro atoms. The van der Waals surface area contributed by atoms with Gasteiger partial charge in [-0.2, -0.15) is 5.10 Å². The van der Waals surface area contributed by atoms with Gasteiger partial charge >= 0.3 is 0 Å². The van der Waals surface area contributed by atoms with Gasteiger partial charge in [0.1, 0.15) is 0 Å². The highest BCUT2D eigenvalue weighted by Gasteiger charge is 2.43. The van der Waals surface area contributed by atoms with Gasteiger partial charge in [-0.3, -0.25) is 4.79 Å². The molecule has 0 radical (unpaired) electrons. The maximum absolute atomic E-state index is 11.0. The summed E-state index contributed by atoms with van der Waals surface area (Å²) in [6, 6.07) is 3.49. The molecule has 2 unspecified atom stereocenters. The highest BCUT2D eigenvalue weighted by molar-refractivity contribution is 5.20. The van der Waals surface area contributed by atoms with Gasteiger partial charge < -0.3 is 4.90 Å². The summed E-state index contributed by atoms with van der Waals surface area (Å²) in [6.07, 6.45) is 3.65. The third-order valence-electron chi connectivity index (χ3n) is 3.79. The van der Waals surface area contributed by atoms with Gasteiger partial charge in [-0.25, -0.2) is 5.10 Å². The second kappa shape index (κ2) is 3.17. The molecule has 2 fully saturated rings.